The molecular formula is C19H18N2O3. The molecule has 0 unspecified atom stereocenters. The van der Waals surface area contributed by atoms with Crippen LogP contribution in [-0.4, -0.2) is 22.9 Å². The van der Waals surface area contributed by atoms with Gasteiger partial charge in [0.15, 0.2) is 11.5 Å². The van der Waals surface area contributed by atoms with Crippen LogP contribution in [0.3, 0.4) is 0 Å². The fourth-order valence-electron chi connectivity index (χ4n) is 2.81. The molecule has 4 rings (SSSR count). The highest BCUT2D eigenvalue weighted by Crippen LogP contribution is 2.32. The molecule has 0 bridgehead atoms. The maximum absolute atomic E-state index is 6.01. The molecule has 2 aromatic carbocycles. The largest absolute Gasteiger partial charge is 0.486 e. The Kier molecular flexibility index (Phi) is 3.91. The molecule has 1 aromatic heterocycles. The number of aromatic nitrogens is 2. The van der Waals surface area contributed by atoms with E-state index in [1.54, 1.807) is 6.92 Å². The predicted octanol–water partition coefficient (Wildman–Crippen LogP) is 3.82. The summed E-state index contributed by atoms with van der Waals surface area (Å²) in [5.41, 5.74) is 2.16. The molecule has 2 heterocycles. The molecule has 24 heavy (non-hydrogen) atoms. The Bertz CT molecular complexity index is 844. The Balaban J connectivity index is 1.42. The normalized spacial score (nSPS) is 16.1. The van der Waals surface area contributed by atoms with Gasteiger partial charge in [0.05, 0.1) is 0 Å². The highest BCUT2D eigenvalue weighted by atomic mass is 16.6. The summed E-state index contributed by atoms with van der Waals surface area (Å²) in [6.45, 7) is 2.37. The fourth-order valence-corrected chi connectivity index (χ4v) is 2.81. The van der Waals surface area contributed by atoms with E-state index in [4.69, 9.17) is 13.9 Å². The van der Waals surface area contributed by atoms with Gasteiger partial charge in [0.2, 0.25) is 11.8 Å². The second kappa shape index (κ2) is 6.35. The molecule has 0 radical (unpaired) electrons. The van der Waals surface area contributed by atoms with Crippen LogP contribution >= 0.6 is 0 Å². The summed E-state index contributed by atoms with van der Waals surface area (Å²) in [4.78, 5) is 0. The summed E-state index contributed by atoms with van der Waals surface area (Å²) in [7, 11) is 0. The van der Waals surface area contributed by atoms with Crippen molar-refractivity contribution >= 4 is 0 Å². The van der Waals surface area contributed by atoms with Crippen molar-refractivity contribution in [3.63, 3.8) is 0 Å². The lowest BCUT2D eigenvalue weighted by molar-refractivity contribution is 0.0851. The van der Waals surface area contributed by atoms with Crippen LogP contribution in [0.1, 0.15) is 17.9 Å². The van der Waals surface area contributed by atoms with Crippen LogP contribution in [0.15, 0.2) is 52.9 Å². The Hall–Kier alpha value is -2.82. The number of para-hydroxylation sites is 2. The van der Waals surface area contributed by atoms with Gasteiger partial charge in [-0.1, -0.05) is 24.3 Å². The highest BCUT2D eigenvalue weighted by molar-refractivity contribution is 5.53. The highest BCUT2D eigenvalue weighted by Gasteiger charge is 2.20. The van der Waals surface area contributed by atoms with Crippen molar-refractivity contribution in [1.29, 1.82) is 0 Å². The molecule has 122 valence electrons. The maximum Gasteiger partial charge on any atom is 0.247 e. The summed E-state index contributed by atoms with van der Waals surface area (Å²) >= 11 is 0. The topological polar surface area (TPSA) is 57.4 Å². The summed E-state index contributed by atoms with van der Waals surface area (Å²) < 4.78 is 17.3. The summed E-state index contributed by atoms with van der Waals surface area (Å²) in [6, 6.07) is 16.0. The first-order valence-electron chi connectivity index (χ1n) is 8.06. The van der Waals surface area contributed by atoms with Crippen LogP contribution in [-0.2, 0) is 6.42 Å². The molecule has 0 fully saturated rings. The molecule has 1 atom stereocenters. The lowest BCUT2D eigenvalue weighted by Crippen LogP contribution is -2.29. The second-order valence-electron chi connectivity index (χ2n) is 5.86. The van der Waals surface area contributed by atoms with Gasteiger partial charge in [0.25, 0.3) is 0 Å². The van der Waals surface area contributed by atoms with E-state index in [-0.39, 0.29) is 6.10 Å². The molecule has 0 saturated heterocycles. The number of fused-ring (bicyclic) bond motifs is 1. The van der Waals surface area contributed by atoms with Crippen molar-refractivity contribution in [2.45, 2.75) is 25.9 Å². The van der Waals surface area contributed by atoms with Crippen molar-refractivity contribution < 1.29 is 13.9 Å². The number of ether oxygens (including phenoxy) is 2. The standard InChI is InChI=1S/C19H18N2O3/c1-13-20-21-19(23-13)15-6-4-5-14(11-15)9-10-16-12-22-17-7-2-3-8-18(17)24-16/h2-8,11,16H,9-10,12H2,1H3/t16-/m0/s1. The molecule has 0 spiro atoms. The number of aryl methyl sites for hydroxylation is 2. The minimum Gasteiger partial charge on any atom is -0.486 e. The van der Waals surface area contributed by atoms with Crippen LogP contribution in [0.5, 0.6) is 11.5 Å². The van der Waals surface area contributed by atoms with Gasteiger partial charge in [0.1, 0.15) is 12.7 Å². The van der Waals surface area contributed by atoms with Crippen molar-refractivity contribution in [3.8, 4) is 23.0 Å². The van der Waals surface area contributed by atoms with Gasteiger partial charge in [-0.25, -0.2) is 0 Å². The third kappa shape index (κ3) is 3.11. The zero-order valence-electron chi connectivity index (χ0n) is 13.4. The minimum atomic E-state index is 0.0641. The Morgan fingerprint density at radius 1 is 1.04 bits per heavy atom. The Morgan fingerprint density at radius 2 is 1.92 bits per heavy atom. The monoisotopic (exact) mass is 322 g/mol. The quantitative estimate of drug-likeness (QED) is 0.731. The van der Waals surface area contributed by atoms with Gasteiger partial charge in [-0.15, -0.1) is 10.2 Å². The number of hydrogen-bond donors (Lipinski definition) is 0. The van der Waals surface area contributed by atoms with E-state index in [9.17, 15) is 0 Å². The summed E-state index contributed by atoms with van der Waals surface area (Å²) in [6.07, 6.45) is 1.85. The zero-order valence-corrected chi connectivity index (χ0v) is 13.4. The van der Waals surface area contributed by atoms with E-state index >= 15 is 0 Å². The molecule has 3 aromatic rings. The first kappa shape index (κ1) is 14.8. The third-order valence-electron chi connectivity index (χ3n) is 4.02. The van der Waals surface area contributed by atoms with Gasteiger partial charge in [-0.2, -0.15) is 0 Å². The van der Waals surface area contributed by atoms with E-state index in [1.807, 2.05) is 36.4 Å². The average Bonchev–Trinajstić information content (AvgIpc) is 3.06. The van der Waals surface area contributed by atoms with E-state index in [0.717, 1.165) is 29.9 Å². The first-order valence-corrected chi connectivity index (χ1v) is 8.06. The molecule has 1 aliphatic heterocycles. The van der Waals surface area contributed by atoms with Crippen LogP contribution in [0.25, 0.3) is 11.5 Å². The molecule has 5 nitrogen and oxygen atoms in total. The van der Waals surface area contributed by atoms with Crippen LogP contribution in [0.2, 0.25) is 0 Å². The Morgan fingerprint density at radius 3 is 2.75 bits per heavy atom. The van der Waals surface area contributed by atoms with Gasteiger partial charge in [-0.05, 0) is 42.7 Å². The fraction of sp³-hybridized carbons (Fsp3) is 0.263. The smallest absolute Gasteiger partial charge is 0.247 e. The third-order valence-corrected chi connectivity index (χ3v) is 4.02. The summed E-state index contributed by atoms with van der Waals surface area (Å²) in [5.74, 6) is 2.77. The van der Waals surface area contributed by atoms with E-state index in [2.05, 4.69) is 22.3 Å². The van der Waals surface area contributed by atoms with Crippen molar-refractivity contribution in [1.82, 2.24) is 10.2 Å². The first-order chi connectivity index (χ1) is 11.8. The maximum atomic E-state index is 6.01. The van der Waals surface area contributed by atoms with Gasteiger partial charge < -0.3 is 13.9 Å². The molecule has 0 aliphatic carbocycles. The SMILES string of the molecule is Cc1nnc(-c2cccc(CC[C@H]3COc4ccccc4O3)c2)o1. The Labute approximate surface area is 140 Å². The zero-order chi connectivity index (χ0) is 16.4. The molecule has 5 heteroatoms. The van der Waals surface area contributed by atoms with Gasteiger partial charge >= 0.3 is 0 Å². The number of benzene rings is 2. The van der Waals surface area contributed by atoms with E-state index in [1.165, 1.54) is 5.56 Å². The van der Waals surface area contributed by atoms with Gasteiger partial charge in [-0.3, -0.25) is 0 Å². The van der Waals surface area contributed by atoms with Crippen molar-refractivity contribution in [3.05, 3.63) is 60.0 Å². The van der Waals surface area contributed by atoms with Crippen LogP contribution < -0.4 is 9.47 Å². The molecular weight excluding hydrogens is 304 g/mol. The number of hydrogen-bond acceptors (Lipinski definition) is 5. The van der Waals surface area contributed by atoms with Crippen LogP contribution in [0, 0.1) is 6.92 Å². The number of rotatable bonds is 4. The van der Waals surface area contributed by atoms with Crippen LogP contribution in [0.4, 0.5) is 0 Å². The lowest BCUT2D eigenvalue weighted by Gasteiger charge is -2.26. The lowest BCUT2D eigenvalue weighted by atomic mass is 10.0. The second-order valence-corrected chi connectivity index (χ2v) is 5.86. The van der Waals surface area contributed by atoms with E-state index in [0.29, 0.717) is 18.4 Å². The molecule has 0 saturated carbocycles. The minimum absolute atomic E-state index is 0.0641. The van der Waals surface area contributed by atoms with Crippen molar-refractivity contribution in [2.75, 3.05) is 6.61 Å². The van der Waals surface area contributed by atoms with Crippen molar-refractivity contribution in [2.24, 2.45) is 0 Å². The van der Waals surface area contributed by atoms with Gasteiger partial charge in [0, 0.05) is 12.5 Å². The molecule has 0 N–H and O–H groups in total. The average molecular weight is 322 g/mol. The predicted molar refractivity (Wildman–Crippen MR) is 89.1 cm³/mol. The number of nitrogens with zero attached hydrogens (tertiary/aromatic N) is 2. The summed E-state index contributed by atoms with van der Waals surface area (Å²) in [5, 5.41) is 7.95. The van der Waals surface area contributed by atoms with E-state index < -0.39 is 0 Å². The molecule has 1 aliphatic rings. The molecule has 0 amide bonds.